The third-order valence-electron chi connectivity index (χ3n) is 5.79. The third kappa shape index (κ3) is 4.67. The van der Waals surface area contributed by atoms with Crippen LogP contribution in [0.2, 0.25) is 10.0 Å². The summed E-state index contributed by atoms with van der Waals surface area (Å²) in [7, 11) is -2.99. The van der Waals surface area contributed by atoms with Crippen LogP contribution in [-0.4, -0.2) is 60.3 Å². The van der Waals surface area contributed by atoms with Crippen molar-refractivity contribution in [1.82, 2.24) is 13.9 Å². The van der Waals surface area contributed by atoms with Gasteiger partial charge in [0.05, 0.1) is 59.2 Å². The van der Waals surface area contributed by atoms with Gasteiger partial charge in [0.1, 0.15) is 5.75 Å². The molecule has 1 aliphatic rings. The quantitative estimate of drug-likeness (QED) is 0.331. The molecule has 3 heterocycles. The van der Waals surface area contributed by atoms with Crippen LogP contribution < -0.4 is 15.0 Å². The second kappa shape index (κ2) is 9.75. The zero-order chi connectivity index (χ0) is 25.4. The maximum Gasteiger partial charge on any atom is 0.363 e. The molecule has 0 unspecified atom stereocenters. The van der Waals surface area contributed by atoms with Crippen LogP contribution in [-0.2, 0) is 15.0 Å². The fourth-order valence-corrected chi connectivity index (χ4v) is 5.24. The number of methoxy groups -OCH3 is 1. The van der Waals surface area contributed by atoms with E-state index >= 15 is 0 Å². The van der Waals surface area contributed by atoms with Gasteiger partial charge >= 0.3 is 10.3 Å². The van der Waals surface area contributed by atoms with Gasteiger partial charge < -0.3 is 19.7 Å². The van der Waals surface area contributed by atoms with E-state index in [9.17, 15) is 13.0 Å². The van der Waals surface area contributed by atoms with E-state index in [-0.39, 0.29) is 22.2 Å². The summed E-state index contributed by atoms with van der Waals surface area (Å²) >= 11 is 13.0. The largest absolute Gasteiger partial charge is 0.494 e. The summed E-state index contributed by atoms with van der Waals surface area (Å²) in [5, 5.41) is 4.37. The molecule has 13 heteroatoms. The minimum absolute atomic E-state index is 0.187. The average Bonchev–Trinajstić information content (AvgIpc) is 3.26. The molecule has 0 aliphatic carbocycles. The second-order valence-electron chi connectivity index (χ2n) is 7.95. The van der Waals surface area contributed by atoms with Crippen LogP contribution in [0.25, 0.3) is 22.2 Å². The smallest absolute Gasteiger partial charge is 0.363 e. The van der Waals surface area contributed by atoms with Crippen LogP contribution in [0.3, 0.4) is 0 Å². The first-order valence-electron chi connectivity index (χ1n) is 10.8. The van der Waals surface area contributed by atoms with Crippen molar-refractivity contribution >= 4 is 61.7 Å². The van der Waals surface area contributed by atoms with Gasteiger partial charge in [0.2, 0.25) is 5.95 Å². The molecule has 36 heavy (non-hydrogen) atoms. The summed E-state index contributed by atoms with van der Waals surface area (Å²) in [5.74, 6) is 0.718. The topological polar surface area (TPSA) is 119 Å². The lowest BCUT2D eigenvalue weighted by Crippen LogP contribution is -2.36. The van der Waals surface area contributed by atoms with Crippen LogP contribution in [0.4, 0.5) is 17.3 Å². The van der Waals surface area contributed by atoms with Crippen molar-refractivity contribution in [3.63, 3.8) is 0 Å². The van der Waals surface area contributed by atoms with Crippen molar-refractivity contribution in [2.45, 2.75) is 0 Å². The minimum atomic E-state index is -4.54. The summed E-state index contributed by atoms with van der Waals surface area (Å²) in [4.78, 5) is 10.9. The lowest BCUT2D eigenvalue weighted by molar-refractivity contribution is 0.122. The van der Waals surface area contributed by atoms with Crippen molar-refractivity contribution in [3.05, 3.63) is 58.8 Å². The van der Waals surface area contributed by atoms with Gasteiger partial charge in [-0.05, 0) is 12.1 Å². The highest BCUT2D eigenvalue weighted by Crippen LogP contribution is 2.39. The maximum atomic E-state index is 11.9. The van der Waals surface area contributed by atoms with Gasteiger partial charge in [0, 0.05) is 36.3 Å². The predicted molar refractivity (Wildman–Crippen MR) is 139 cm³/mol. The molecule has 1 saturated heterocycles. The van der Waals surface area contributed by atoms with Gasteiger partial charge in [-0.25, -0.2) is 13.9 Å². The van der Waals surface area contributed by atoms with E-state index in [1.807, 2.05) is 6.07 Å². The van der Waals surface area contributed by atoms with Gasteiger partial charge in [-0.1, -0.05) is 41.4 Å². The first kappa shape index (κ1) is 24.6. The molecule has 188 valence electrons. The van der Waals surface area contributed by atoms with E-state index in [0.717, 1.165) is 22.7 Å². The van der Waals surface area contributed by atoms with Crippen molar-refractivity contribution in [2.75, 3.05) is 43.6 Å². The van der Waals surface area contributed by atoms with Crippen molar-refractivity contribution < 1.29 is 22.4 Å². The monoisotopic (exact) mass is 549 g/mol. The summed E-state index contributed by atoms with van der Waals surface area (Å²) in [5.41, 5.74) is 2.34. The number of morpholine rings is 1. The Morgan fingerprint density at radius 1 is 1.14 bits per heavy atom. The Bertz CT molecular complexity index is 1550. The first-order valence-corrected chi connectivity index (χ1v) is 13.0. The first-order chi connectivity index (χ1) is 17.3. The molecule has 1 fully saturated rings. The van der Waals surface area contributed by atoms with Gasteiger partial charge in [-0.3, -0.25) is 4.55 Å². The number of nitrogens with one attached hydrogen (secondary N) is 1. The van der Waals surface area contributed by atoms with Gasteiger partial charge in [0.15, 0.2) is 0 Å². The molecule has 5 rings (SSSR count). The summed E-state index contributed by atoms with van der Waals surface area (Å²) in [6.07, 6.45) is 2.68. The number of rotatable bonds is 6. The van der Waals surface area contributed by atoms with Crippen LogP contribution >= 0.6 is 23.2 Å². The molecule has 2 aromatic heterocycles. The molecule has 0 bridgehead atoms. The van der Waals surface area contributed by atoms with E-state index < -0.39 is 10.3 Å². The van der Waals surface area contributed by atoms with Gasteiger partial charge in [-0.15, -0.1) is 0 Å². The number of aromatic nitrogens is 3. The Labute approximate surface area is 217 Å². The van der Waals surface area contributed by atoms with E-state index in [1.165, 1.54) is 12.4 Å². The Kier molecular flexibility index (Phi) is 6.66. The number of fused-ring (bicyclic) bond motifs is 1. The lowest BCUT2D eigenvalue weighted by Gasteiger charge is -2.30. The van der Waals surface area contributed by atoms with Crippen LogP contribution in [0.15, 0.2) is 48.8 Å². The highest BCUT2D eigenvalue weighted by Gasteiger charge is 2.21. The molecule has 10 nitrogen and oxygen atoms in total. The average molecular weight is 550 g/mol. The molecule has 0 spiro atoms. The number of hydrogen-bond donors (Lipinski definition) is 2. The number of anilines is 3. The number of hydrogen-bond acceptors (Lipinski definition) is 8. The third-order valence-corrected chi connectivity index (χ3v) is 7.17. The number of ether oxygens (including phenoxy) is 2. The Hall–Kier alpha value is -3.09. The number of halogens is 2. The van der Waals surface area contributed by atoms with E-state index in [2.05, 4.69) is 20.2 Å². The molecular formula is C23H21Cl2N5O5S. The Balaban J connectivity index is 1.54. The van der Waals surface area contributed by atoms with Crippen LogP contribution in [0.5, 0.6) is 5.75 Å². The SMILES string of the molecule is COc1cc(N2CCOCC2)c(Cl)cc1Nc1ncc(Cl)c(-c2cn(S(=O)(=O)O)c3ccccc23)n1. The molecule has 0 radical (unpaired) electrons. The summed E-state index contributed by atoms with van der Waals surface area (Å²) < 4.78 is 45.3. The van der Waals surface area contributed by atoms with Crippen LogP contribution in [0.1, 0.15) is 0 Å². The fourth-order valence-electron chi connectivity index (χ4n) is 4.12. The summed E-state index contributed by atoms with van der Waals surface area (Å²) in [6, 6.07) is 10.3. The highest BCUT2D eigenvalue weighted by molar-refractivity contribution is 7.84. The van der Waals surface area contributed by atoms with E-state index in [0.29, 0.717) is 40.6 Å². The summed E-state index contributed by atoms with van der Waals surface area (Å²) in [6.45, 7) is 2.68. The molecular weight excluding hydrogens is 529 g/mol. The zero-order valence-corrected chi connectivity index (χ0v) is 21.3. The van der Waals surface area contributed by atoms with E-state index in [4.69, 9.17) is 32.7 Å². The van der Waals surface area contributed by atoms with Crippen molar-refractivity contribution in [2.24, 2.45) is 0 Å². The van der Waals surface area contributed by atoms with Crippen molar-refractivity contribution in [1.29, 1.82) is 0 Å². The number of para-hydroxylation sites is 1. The molecule has 0 amide bonds. The predicted octanol–water partition coefficient (Wildman–Crippen LogP) is 4.64. The van der Waals surface area contributed by atoms with Crippen molar-refractivity contribution in [3.8, 4) is 17.0 Å². The Morgan fingerprint density at radius 2 is 1.89 bits per heavy atom. The minimum Gasteiger partial charge on any atom is -0.494 e. The Morgan fingerprint density at radius 3 is 2.61 bits per heavy atom. The molecule has 4 aromatic rings. The standard InChI is InChI=1S/C23H21Cl2N5O5S/c1-34-21-11-20(29-6-8-35-9-7-29)16(24)10-18(21)27-23-26-12-17(25)22(28-23)15-13-30(36(31,32)33)19-5-3-2-4-14(15)19/h2-5,10-13H,6-9H2,1H3,(H,26,27,28)(H,31,32,33). The molecule has 1 aliphatic heterocycles. The fraction of sp³-hybridized carbons (Fsp3) is 0.217. The normalized spacial score (nSPS) is 14.3. The van der Waals surface area contributed by atoms with Crippen LogP contribution in [0, 0.1) is 0 Å². The molecule has 0 atom stereocenters. The number of nitrogens with zero attached hydrogens (tertiary/aromatic N) is 4. The molecule has 2 aromatic carbocycles. The zero-order valence-electron chi connectivity index (χ0n) is 19.0. The van der Waals surface area contributed by atoms with Gasteiger partial charge in [0.25, 0.3) is 0 Å². The highest BCUT2D eigenvalue weighted by atomic mass is 35.5. The number of benzene rings is 2. The lowest BCUT2D eigenvalue weighted by atomic mass is 10.1. The molecule has 0 saturated carbocycles. The molecule has 2 N–H and O–H groups in total. The van der Waals surface area contributed by atoms with Gasteiger partial charge in [-0.2, -0.15) is 8.42 Å². The van der Waals surface area contributed by atoms with E-state index in [1.54, 1.807) is 37.4 Å². The second-order valence-corrected chi connectivity index (χ2v) is 10.1. The maximum absolute atomic E-state index is 11.9.